The molecule has 1 aliphatic rings. The van der Waals surface area contributed by atoms with Crippen molar-refractivity contribution in [3.63, 3.8) is 0 Å². The molecule has 7 heteroatoms. The Balaban J connectivity index is 0.00000264. The zero-order valence-corrected chi connectivity index (χ0v) is 15.3. The number of amides is 1. The molecule has 1 aromatic heterocycles. The van der Waals surface area contributed by atoms with Crippen LogP contribution in [0.1, 0.15) is 56.6 Å². The molecule has 6 nitrogen and oxygen atoms in total. The third kappa shape index (κ3) is 5.79. The maximum Gasteiger partial charge on any atom is 0.271 e. The van der Waals surface area contributed by atoms with Gasteiger partial charge in [-0.3, -0.25) is 9.48 Å². The fourth-order valence-corrected chi connectivity index (χ4v) is 2.89. The van der Waals surface area contributed by atoms with Gasteiger partial charge in [0, 0.05) is 25.9 Å². The van der Waals surface area contributed by atoms with Crippen molar-refractivity contribution < 1.29 is 9.53 Å². The van der Waals surface area contributed by atoms with Crippen LogP contribution in [0.5, 0.6) is 0 Å². The van der Waals surface area contributed by atoms with E-state index in [9.17, 15) is 4.79 Å². The Labute approximate surface area is 144 Å². The molecule has 2 N–H and O–H groups in total. The van der Waals surface area contributed by atoms with Crippen molar-refractivity contribution in [1.82, 2.24) is 20.4 Å². The molecule has 1 fully saturated rings. The Bertz CT molecular complexity index is 498. The molecule has 0 aromatic carbocycles. The molecular formula is C16H29ClN4O2. The lowest BCUT2D eigenvalue weighted by Crippen LogP contribution is -2.39. The summed E-state index contributed by atoms with van der Waals surface area (Å²) in [7, 11) is 1.69. The van der Waals surface area contributed by atoms with E-state index >= 15 is 0 Å². The van der Waals surface area contributed by atoms with Crippen molar-refractivity contribution in [3.05, 3.63) is 18.0 Å². The highest BCUT2D eigenvalue weighted by molar-refractivity contribution is 5.92. The monoisotopic (exact) mass is 344 g/mol. The normalized spacial score (nSPS) is 19.7. The van der Waals surface area contributed by atoms with Crippen LogP contribution in [0.4, 0.5) is 0 Å². The molecule has 0 spiro atoms. The summed E-state index contributed by atoms with van der Waals surface area (Å²) in [6, 6.07) is 2.17. The smallest absolute Gasteiger partial charge is 0.271 e. The van der Waals surface area contributed by atoms with Crippen molar-refractivity contribution in [1.29, 1.82) is 0 Å². The van der Waals surface area contributed by atoms with Gasteiger partial charge < -0.3 is 15.4 Å². The summed E-state index contributed by atoms with van der Waals surface area (Å²) in [6.07, 6.45) is 4.90. The van der Waals surface area contributed by atoms with Gasteiger partial charge in [-0.15, -0.1) is 12.4 Å². The quantitative estimate of drug-likeness (QED) is 0.829. The first kappa shape index (κ1) is 19.9. The minimum atomic E-state index is -0.250. The van der Waals surface area contributed by atoms with E-state index in [-0.39, 0.29) is 30.0 Å². The summed E-state index contributed by atoms with van der Waals surface area (Å²) < 4.78 is 7.31. The van der Waals surface area contributed by atoms with Gasteiger partial charge in [-0.2, -0.15) is 5.10 Å². The molecule has 1 amide bonds. The second-order valence-corrected chi connectivity index (χ2v) is 6.72. The number of carbonyl (C=O) groups excluding carboxylic acids is 1. The van der Waals surface area contributed by atoms with Gasteiger partial charge in [0.25, 0.3) is 5.91 Å². The number of hydrogen-bond donors (Lipinski definition) is 2. The topological polar surface area (TPSA) is 68.2 Å². The van der Waals surface area contributed by atoms with Gasteiger partial charge >= 0.3 is 0 Å². The van der Waals surface area contributed by atoms with Gasteiger partial charge in [0.15, 0.2) is 0 Å². The third-order valence-corrected chi connectivity index (χ3v) is 4.21. The Kier molecular flexibility index (Phi) is 7.51. The number of methoxy groups -OCH3 is 1. The van der Waals surface area contributed by atoms with E-state index in [0.717, 1.165) is 32.4 Å². The van der Waals surface area contributed by atoms with Crippen molar-refractivity contribution in [2.75, 3.05) is 20.2 Å². The molecule has 0 radical (unpaired) electrons. The first-order valence-electron chi connectivity index (χ1n) is 8.03. The van der Waals surface area contributed by atoms with Crippen molar-refractivity contribution in [2.45, 2.75) is 57.7 Å². The minimum Gasteiger partial charge on any atom is -0.379 e. The number of rotatable bonds is 6. The van der Waals surface area contributed by atoms with Crippen LogP contribution in [0.2, 0.25) is 0 Å². The van der Waals surface area contributed by atoms with Gasteiger partial charge in [-0.1, -0.05) is 0 Å². The number of piperidine rings is 1. The number of aromatic nitrogens is 2. The van der Waals surface area contributed by atoms with Crippen LogP contribution >= 0.6 is 12.4 Å². The van der Waals surface area contributed by atoms with E-state index in [1.165, 1.54) is 0 Å². The van der Waals surface area contributed by atoms with Crippen LogP contribution in [0, 0.1) is 0 Å². The molecule has 1 aromatic rings. The fraction of sp³-hybridized carbons (Fsp3) is 0.750. The predicted octanol–water partition coefficient (Wildman–Crippen LogP) is 2.16. The lowest BCUT2D eigenvalue weighted by molar-refractivity contribution is 0.00882. The van der Waals surface area contributed by atoms with E-state index in [1.54, 1.807) is 13.2 Å². The zero-order valence-electron chi connectivity index (χ0n) is 14.5. The second-order valence-electron chi connectivity index (χ2n) is 6.72. The average Bonchev–Trinajstić information content (AvgIpc) is 2.97. The van der Waals surface area contributed by atoms with Crippen LogP contribution in [0.15, 0.2) is 12.3 Å². The van der Waals surface area contributed by atoms with Crippen molar-refractivity contribution in [2.24, 2.45) is 0 Å². The molecule has 1 aliphatic heterocycles. The fourth-order valence-electron chi connectivity index (χ4n) is 2.89. The van der Waals surface area contributed by atoms with Crippen LogP contribution in [0.3, 0.4) is 0 Å². The molecule has 23 heavy (non-hydrogen) atoms. The van der Waals surface area contributed by atoms with Crippen LogP contribution in [-0.4, -0.2) is 47.5 Å². The van der Waals surface area contributed by atoms with E-state index in [4.69, 9.17) is 4.74 Å². The molecule has 2 atom stereocenters. The van der Waals surface area contributed by atoms with E-state index in [1.807, 2.05) is 31.6 Å². The van der Waals surface area contributed by atoms with Gasteiger partial charge in [0.05, 0.1) is 11.6 Å². The minimum absolute atomic E-state index is 0. The number of ether oxygens (including phenoxy) is 1. The Morgan fingerprint density at radius 2 is 2.35 bits per heavy atom. The van der Waals surface area contributed by atoms with Gasteiger partial charge in [-0.25, -0.2) is 0 Å². The van der Waals surface area contributed by atoms with Crippen molar-refractivity contribution in [3.8, 4) is 0 Å². The Hall–Kier alpha value is -1.11. The van der Waals surface area contributed by atoms with Gasteiger partial charge in [-0.05, 0) is 52.6 Å². The zero-order chi connectivity index (χ0) is 16.2. The molecule has 132 valence electrons. The van der Waals surface area contributed by atoms with E-state index < -0.39 is 0 Å². The first-order valence-corrected chi connectivity index (χ1v) is 8.03. The van der Waals surface area contributed by atoms with Crippen molar-refractivity contribution >= 4 is 18.3 Å². The molecule has 0 saturated carbocycles. The molecule has 0 aliphatic carbocycles. The second kappa shape index (κ2) is 8.66. The number of nitrogens with one attached hydrogen (secondary N) is 2. The highest BCUT2D eigenvalue weighted by atomic mass is 35.5. The summed E-state index contributed by atoms with van der Waals surface area (Å²) in [6.45, 7) is 8.00. The molecular weight excluding hydrogens is 316 g/mol. The number of halogens is 1. The SMILES string of the molecule is COC(C)(C)CC(C)NC(=O)c1ccn(C2CCCNC2)n1.Cl. The summed E-state index contributed by atoms with van der Waals surface area (Å²) >= 11 is 0. The molecule has 1 saturated heterocycles. The van der Waals surface area contributed by atoms with E-state index in [0.29, 0.717) is 11.7 Å². The predicted molar refractivity (Wildman–Crippen MR) is 93.2 cm³/mol. The summed E-state index contributed by atoms with van der Waals surface area (Å²) in [4.78, 5) is 12.3. The summed E-state index contributed by atoms with van der Waals surface area (Å²) in [5.74, 6) is -0.123. The van der Waals surface area contributed by atoms with Crippen LogP contribution in [-0.2, 0) is 4.74 Å². The molecule has 2 heterocycles. The first-order chi connectivity index (χ1) is 10.4. The largest absolute Gasteiger partial charge is 0.379 e. The highest BCUT2D eigenvalue weighted by Crippen LogP contribution is 2.17. The standard InChI is InChI=1S/C16H28N4O2.ClH/c1-12(10-16(2,3)22-4)18-15(21)14-7-9-20(19-14)13-6-5-8-17-11-13;/h7,9,12-13,17H,5-6,8,10-11H2,1-4H3,(H,18,21);1H. The number of hydrogen-bond acceptors (Lipinski definition) is 4. The lowest BCUT2D eigenvalue weighted by Gasteiger charge is -2.26. The molecule has 0 bridgehead atoms. The highest BCUT2D eigenvalue weighted by Gasteiger charge is 2.23. The maximum absolute atomic E-state index is 12.3. The summed E-state index contributed by atoms with van der Waals surface area (Å²) in [5.41, 5.74) is 0.229. The Morgan fingerprint density at radius 3 is 2.96 bits per heavy atom. The molecule has 2 unspecified atom stereocenters. The maximum atomic E-state index is 12.3. The number of nitrogens with zero attached hydrogens (tertiary/aromatic N) is 2. The average molecular weight is 345 g/mol. The number of carbonyl (C=O) groups is 1. The van der Waals surface area contributed by atoms with Crippen LogP contribution < -0.4 is 10.6 Å². The Morgan fingerprint density at radius 1 is 1.61 bits per heavy atom. The lowest BCUT2D eigenvalue weighted by atomic mass is 10.00. The summed E-state index contributed by atoms with van der Waals surface area (Å²) in [5, 5.41) is 10.8. The van der Waals surface area contributed by atoms with Gasteiger partial charge in [0.1, 0.15) is 5.69 Å². The third-order valence-electron chi connectivity index (χ3n) is 4.21. The molecule has 2 rings (SSSR count). The van der Waals surface area contributed by atoms with Gasteiger partial charge in [0.2, 0.25) is 0 Å². The van der Waals surface area contributed by atoms with Crippen LogP contribution in [0.25, 0.3) is 0 Å². The van der Waals surface area contributed by atoms with E-state index in [2.05, 4.69) is 15.7 Å².